The van der Waals surface area contributed by atoms with Crippen LogP contribution in [0.3, 0.4) is 0 Å². The van der Waals surface area contributed by atoms with Gasteiger partial charge in [0.15, 0.2) is 0 Å². The van der Waals surface area contributed by atoms with E-state index < -0.39 is 17.7 Å². The lowest BCUT2D eigenvalue weighted by Crippen LogP contribution is -2.29. The second-order valence-corrected chi connectivity index (χ2v) is 8.36. The van der Waals surface area contributed by atoms with Crippen molar-refractivity contribution in [2.75, 3.05) is 18.6 Å². The summed E-state index contributed by atoms with van der Waals surface area (Å²) in [4.78, 5) is 27.8. The number of carbonyl (C=O) groups is 2. The van der Waals surface area contributed by atoms with Gasteiger partial charge in [0.25, 0.3) is 11.7 Å². The highest BCUT2D eigenvalue weighted by Crippen LogP contribution is 2.42. The lowest BCUT2D eigenvalue weighted by atomic mass is 9.95. The second-order valence-electron chi connectivity index (χ2n) is 8.36. The van der Waals surface area contributed by atoms with E-state index in [9.17, 15) is 14.7 Å². The maximum Gasteiger partial charge on any atom is 0.300 e. The van der Waals surface area contributed by atoms with Gasteiger partial charge in [-0.2, -0.15) is 0 Å². The number of Topliss-reactive ketones (excluding diaryl/α,β-unsaturated/α-hetero) is 1. The van der Waals surface area contributed by atoms with Gasteiger partial charge in [0, 0.05) is 11.3 Å². The minimum atomic E-state index is -0.784. The molecular weight excluding hydrogens is 442 g/mol. The van der Waals surface area contributed by atoms with Crippen LogP contribution in [0, 0.1) is 0 Å². The molecule has 35 heavy (non-hydrogen) atoms. The van der Waals surface area contributed by atoms with E-state index in [-0.39, 0.29) is 11.3 Å². The molecule has 0 saturated carbocycles. The molecule has 1 aliphatic rings. The molecule has 4 rings (SSSR count). The van der Waals surface area contributed by atoms with Gasteiger partial charge < -0.3 is 14.6 Å². The monoisotopic (exact) mass is 471 g/mol. The largest absolute Gasteiger partial charge is 0.507 e. The Balaban J connectivity index is 1.74. The molecule has 0 radical (unpaired) electrons. The summed E-state index contributed by atoms with van der Waals surface area (Å²) in [7, 11) is 1.57. The summed E-state index contributed by atoms with van der Waals surface area (Å²) in [5.74, 6) is -0.296. The summed E-state index contributed by atoms with van der Waals surface area (Å²) in [6.07, 6.45) is 3.20. The van der Waals surface area contributed by atoms with Gasteiger partial charge in [-0.15, -0.1) is 0 Å². The van der Waals surface area contributed by atoms with Crippen molar-refractivity contribution >= 4 is 23.1 Å². The normalized spacial score (nSPS) is 17.0. The predicted octanol–water partition coefficient (Wildman–Crippen LogP) is 5.89. The molecule has 1 heterocycles. The SMILES string of the molecule is CCCCCOc1ccc(/C(O)=C2/C(=O)C(=O)N(c3ccccc3)C2c2ccc(OC)cc2)cc1. The Kier molecular flexibility index (Phi) is 7.51. The Morgan fingerprint density at radius 1 is 0.886 bits per heavy atom. The van der Waals surface area contributed by atoms with Gasteiger partial charge in [0.05, 0.1) is 25.3 Å². The van der Waals surface area contributed by atoms with Gasteiger partial charge in [-0.05, 0) is 60.5 Å². The number of hydrogen-bond donors (Lipinski definition) is 1. The van der Waals surface area contributed by atoms with Crippen molar-refractivity contribution in [3.8, 4) is 11.5 Å². The Labute approximate surface area is 205 Å². The van der Waals surface area contributed by atoms with Crippen LogP contribution in [0.5, 0.6) is 11.5 Å². The molecule has 1 atom stereocenters. The van der Waals surface area contributed by atoms with Crippen molar-refractivity contribution in [1.82, 2.24) is 0 Å². The Bertz CT molecular complexity index is 1200. The van der Waals surface area contributed by atoms with Crippen LogP contribution in [-0.2, 0) is 9.59 Å². The van der Waals surface area contributed by atoms with Crippen LogP contribution >= 0.6 is 0 Å². The smallest absolute Gasteiger partial charge is 0.300 e. The van der Waals surface area contributed by atoms with Crippen molar-refractivity contribution in [1.29, 1.82) is 0 Å². The number of carbonyl (C=O) groups excluding carboxylic acids is 2. The van der Waals surface area contributed by atoms with E-state index in [1.54, 1.807) is 79.9 Å². The molecule has 1 unspecified atom stereocenters. The summed E-state index contributed by atoms with van der Waals surface area (Å²) in [5, 5.41) is 11.3. The Morgan fingerprint density at radius 3 is 2.17 bits per heavy atom. The number of unbranched alkanes of at least 4 members (excludes halogenated alkanes) is 2. The molecule has 6 nitrogen and oxygen atoms in total. The zero-order valence-corrected chi connectivity index (χ0v) is 19.9. The van der Waals surface area contributed by atoms with E-state index in [1.165, 1.54) is 4.90 Å². The summed E-state index contributed by atoms with van der Waals surface area (Å²) in [6.45, 7) is 2.76. The van der Waals surface area contributed by atoms with Gasteiger partial charge in [-0.25, -0.2) is 0 Å². The van der Waals surface area contributed by atoms with Gasteiger partial charge in [0.1, 0.15) is 17.3 Å². The van der Waals surface area contributed by atoms with E-state index in [1.807, 2.05) is 6.07 Å². The van der Waals surface area contributed by atoms with E-state index >= 15 is 0 Å². The maximum absolute atomic E-state index is 13.2. The fourth-order valence-corrected chi connectivity index (χ4v) is 4.20. The van der Waals surface area contributed by atoms with Crippen LogP contribution in [0.4, 0.5) is 5.69 Å². The van der Waals surface area contributed by atoms with E-state index in [0.29, 0.717) is 34.9 Å². The molecule has 0 aliphatic carbocycles. The number of para-hydroxylation sites is 1. The van der Waals surface area contributed by atoms with E-state index in [0.717, 1.165) is 19.3 Å². The minimum absolute atomic E-state index is 0.0423. The first kappa shape index (κ1) is 24.1. The number of methoxy groups -OCH3 is 1. The van der Waals surface area contributed by atoms with Crippen molar-refractivity contribution < 1.29 is 24.2 Å². The zero-order valence-electron chi connectivity index (χ0n) is 19.9. The first-order valence-electron chi connectivity index (χ1n) is 11.8. The van der Waals surface area contributed by atoms with Crippen LogP contribution in [0.2, 0.25) is 0 Å². The number of hydrogen-bond acceptors (Lipinski definition) is 5. The summed E-state index contributed by atoms with van der Waals surface area (Å²) in [5.41, 5.74) is 1.74. The quantitative estimate of drug-likeness (QED) is 0.182. The van der Waals surface area contributed by atoms with Crippen molar-refractivity contribution in [2.45, 2.75) is 32.2 Å². The Hall–Kier alpha value is -4.06. The number of amides is 1. The number of nitrogens with zero attached hydrogens (tertiary/aromatic N) is 1. The van der Waals surface area contributed by atoms with Crippen LogP contribution in [0.15, 0.2) is 84.4 Å². The lowest BCUT2D eigenvalue weighted by molar-refractivity contribution is -0.132. The van der Waals surface area contributed by atoms with Crippen LogP contribution in [-0.4, -0.2) is 30.5 Å². The highest BCUT2D eigenvalue weighted by atomic mass is 16.5. The summed E-state index contributed by atoms with van der Waals surface area (Å²) >= 11 is 0. The fourth-order valence-electron chi connectivity index (χ4n) is 4.20. The standard InChI is InChI=1S/C29H29NO5/c1-3-4-8-19-35-24-17-13-21(14-18-24)27(31)25-26(20-11-15-23(34-2)16-12-20)30(29(33)28(25)32)22-9-6-5-7-10-22/h5-7,9-18,26,31H,3-4,8,19H2,1-2H3/b27-25-. The number of anilines is 1. The van der Waals surface area contributed by atoms with Gasteiger partial charge in [-0.3, -0.25) is 14.5 Å². The third-order valence-electron chi connectivity index (χ3n) is 6.05. The molecule has 1 aliphatic heterocycles. The number of ether oxygens (including phenoxy) is 2. The minimum Gasteiger partial charge on any atom is -0.507 e. The van der Waals surface area contributed by atoms with Crippen molar-refractivity contribution in [3.05, 3.63) is 95.6 Å². The fraction of sp³-hybridized carbons (Fsp3) is 0.241. The molecule has 1 fully saturated rings. The van der Waals surface area contributed by atoms with Crippen molar-refractivity contribution in [2.24, 2.45) is 0 Å². The molecule has 180 valence electrons. The van der Waals surface area contributed by atoms with Gasteiger partial charge in [-0.1, -0.05) is 50.1 Å². The third kappa shape index (κ3) is 5.06. The predicted molar refractivity (Wildman–Crippen MR) is 136 cm³/mol. The number of rotatable bonds is 9. The first-order valence-corrected chi connectivity index (χ1v) is 11.8. The van der Waals surface area contributed by atoms with E-state index in [2.05, 4.69) is 6.92 Å². The molecule has 0 aromatic heterocycles. The van der Waals surface area contributed by atoms with Crippen LogP contribution < -0.4 is 14.4 Å². The van der Waals surface area contributed by atoms with Gasteiger partial charge >= 0.3 is 0 Å². The maximum atomic E-state index is 13.2. The zero-order chi connectivity index (χ0) is 24.8. The molecule has 0 spiro atoms. The average molecular weight is 472 g/mol. The first-order chi connectivity index (χ1) is 17.0. The van der Waals surface area contributed by atoms with E-state index in [4.69, 9.17) is 9.47 Å². The molecule has 6 heteroatoms. The topological polar surface area (TPSA) is 76.1 Å². The van der Waals surface area contributed by atoms with Crippen LogP contribution in [0.1, 0.15) is 43.4 Å². The lowest BCUT2D eigenvalue weighted by Gasteiger charge is -2.25. The molecule has 3 aromatic rings. The molecule has 0 bridgehead atoms. The number of aliphatic hydroxyl groups is 1. The second kappa shape index (κ2) is 10.9. The third-order valence-corrected chi connectivity index (χ3v) is 6.05. The molecule has 1 amide bonds. The van der Waals surface area contributed by atoms with Gasteiger partial charge in [0.2, 0.25) is 0 Å². The molecular formula is C29H29NO5. The summed E-state index contributed by atoms with van der Waals surface area (Å²) < 4.78 is 11.0. The average Bonchev–Trinajstić information content (AvgIpc) is 3.17. The molecule has 1 saturated heterocycles. The van der Waals surface area contributed by atoms with Crippen LogP contribution in [0.25, 0.3) is 5.76 Å². The molecule has 1 N–H and O–H groups in total. The summed E-state index contributed by atoms with van der Waals surface area (Å²) in [6, 6.07) is 22.3. The Morgan fingerprint density at radius 2 is 1.54 bits per heavy atom. The highest BCUT2D eigenvalue weighted by Gasteiger charge is 2.46. The van der Waals surface area contributed by atoms with Crippen molar-refractivity contribution in [3.63, 3.8) is 0 Å². The highest BCUT2D eigenvalue weighted by molar-refractivity contribution is 6.51. The number of ketones is 1. The molecule has 3 aromatic carbocycles. The number of benzene rings is 3. The number of aliphatic hydroxyl groups excluding tert-OH is 1.